The Balaban J connectivity index is 2.14. The van der Waals surface area contributed by atoms with Gasteiger partial charge in [0.1, 0.15) is 0 Å². The van der Waals surface area contributed by atoms with E-state index in [-0.39, 0.29) is 5.91 Å². The molecule has 0 spiro atoms. The fraction of sp³-hybridized carbons (Fsp3) is 0.917. The molecule has 1 saturated heterocycles. The van der Waals surface area contributed by atoms with Crippen molar-refractivity contribution in [2.75, 3.05) is 67.1 Å². The highest BCUT2D eigenvalue weighted by Gasteiger charge is 2.14. The third-order valence-corrected chi connectivity index (χ3v) is 3.05. The van der Waals surface area contributed by atoms with Gasteiger partial charge in [0.15, 0.2) is 0 Å². The lowest BCUT2D eigenvalue weighted by molar-refractivity contribution is -0.130. The van der Waals surface area contributed by atoms with Crippen LogP contribution in [-0.4, -0.2) is 87.7 Å². The summed E-state index contributed by atoms with van der Waals surface area (Å²) in [4.78, 5) is 18.0. The van der Waals surface area contributed by atoms with Crippen molar-refractivity contribution in [3.8, 4) is 0 Å². The Morgan fingerprint density at radius 1 is 1.18 bits per heavy atom. The summed E-state index contributed by atoms with van der Waals surface area (Å²) in [7, 11) is 5.92. The Bertz CT molecular complexity index is 228. The second kappa shape index (κ2) is 7.63. The van der Waals surface area contributed by atoms with Crippen LogP contribution in [-0.2, 0) is 9.53 Å². The van der Waals surface area contributed by atoms with Gasteiger partial charge in [0.05, 0.1) is 13.2 Å². The summed E-state index contributed by atoms with van der Waals surface area (Å²) in [5.74, 6) is 0.235. The predicted octanol–water partition coefficient (Wildman–Crippen LogP) is -0.271. The lowest BCUT2D eigenvalue weighted by Crippen LogP contribution is -2.40. The first-order valence-electron chi connectivity index (χ1n) is 6.28. The van der Waals surface area contributed by atoms with E-state index in [1.54, 1.807) is 0 Å². The normalized spacial score (nSPS) is 17.4. The minimum atomic E-state index is 0.235. The van der Waals surface area contributed by atoms with E-state index in [0.717, 1.165) is 45.9 Å². The number of hydrogen-bond acceptors (Lipinski definition) is 4. The molecule has 0 saturated carbocycles. The molecule has 5 nitrogen and oxygen atoms in total. The maximum absolute atomic E-state index is 11.8. The fourth-order valence-electron chi connectivity index (χ4n) is 1.74. The highest BCUT2D eigenvalue weighted by atomic mass is 16.5. The van der Waals surface area contributed by atoms with Crippen LogP contribution in [0.3, 0.4) is 0 Å². The minimum Gasteiger partial charge on any atom is -0.379 e. The van der Waals surface area contributed by atoms with Gasteiger partial charge >= 0.3 is 0 Å². The highest BCUT2D eigenvalue weighted by Crippen LogP contribution is 2.00. The van der Waals surface area contributed by atoms with Crippen molar-refractivity contribution in [2.24, 2.45) is 0 Å². The maximum Gasteiger partial charge on any atom is 0.223 e. The lowest BCUT2D eigenvalue weighted by atomic mass is 10.3. The van der Waals surface area contributed by atoms with Crippen molar-refractivity contribution in [1.29, 1.82) is 0 Å². The molecule has 100 valence electrons. The molecule has 1 heterocycles. The molecule has 0 unspecified atom stereocenters. The molecule has 0 aliphatic carbocycles. The number of carbonyl (C=O) groups is 1. The smallest absolute Gasteiger partial charge is 0.223 e. The third kappa shape index (κ3) is 6.00. The first-order chi connectivity index (χ1) is 8.09. The summed E-state index contributed by atoms with van der Waals surface area (Å²) >= 11 is 0. The van der Waals surface area contributed by atoms with Gasteiger partial charge < -0.3 is 14.5 Å². The van der Waals surface area contributed by atoms with E-state index in [0.29, 0.717) is 6.42 Å². The van der Waals surface area contributed by atoms with Gasteiger partial charge in [-0.3, -0.25) is 9.69 Å². The summed E-state index contributed by atoms with van der Waals surface area (Å²) in [6.07, 6.45) is 0.615. The molecule has 1 rings (SSSR count). The van der Waals surface area contributed by atoms with Crippen LogP contribution < -0.4 is 0 Å². The van der Waals surface area contributed by atoms with Gasteiger partial charge in [-0.05, 0) is 14.1 Å². The molecule has 5 heteroatoms. The topological polar surface area (TPSA) is 36.0 Å². The average Bonchev–Trinajstić information content (AvgIpc) is 2.34. The molecule has 1 aliphatic rings. The van der Waals surface area contributed by atoms with Gasteiger partial charge in [0.25, 0.3) is 0 Å². The van der Waals surface area contributed by atoms with Crippen molar-refractivity contribution in [3.05, 3.63) is 0 Å². The average molecular weight is 243 g/mol. The van der Waals surface area contributed by atoms with E-state index in [9.17, 15) is 4.79 Å². The van der Waals surface area contributed by atoms with Crippen molar-refractivity contribution in [3.63, 3.8) is 0 Å². The highest BCUT2D eigenvalue weighted by molar-refractivity contribution is 5.76. The van der Waals surface area contributed by atoms with E-state index in [2.05, 4.69) is 9.80 Å². The van der Waals surface area contributed by atoms with Crippen LogP contribution in [0.15, 0.2) is 0 Å². The molecule has 1 fully saturated rings. The zero-order valence-corrected chi connectivity index (χ0v) is 11.3. The van der Waals surface area contributed by atoms with Gasteiger partial charge in [0.2, 0.25) is 5.91 Å². The van der Waals surface area contributed by atoms with Crippen LogP contribution in [0.25, 0.3) is 0 Å². The monoisotopic (exact) mass is 243 g/mol. The van der Waals surface area contributed by atoms with E-state index in [1.807, 2.05) is 26.0 Å². The van der Waals surface area contributed by atoms with E-state index in [1.165, 1.54) is 0 Å². The van der Waals surface area contributed by atoms with E-state index < -0.39 is 0 Å². The third-order valence-electron chi connectivity index (χ3n) is 3.05. The Kier molecular flexibility index (Phi) is 6.47. The quantitative estimate of drug-likeness (QED) is 0.643. The summed E-state index contributed by atoms with van der Waals surface area (Å²) in [5.41, 5.74) is 0. The van der Waals surface area contributed by atoms with Gasteiger partial charge in [-0.15, -0.1) is 0 Å². The molecule has 0 atom stereocenters. The van der Waals surface area contributed by atoms with Crippen LogP contribution in [0.5, 0.6) is 0 Å². The van der Waals surface area contributed by atoms with Crippen molar-refractivity contribution in [1.82, 2.24) is 14.7 Å². The summed E-state index contributed by atoms with van der Waals surface area (Å²) in [6, 6.07) is 0. The Labute approximate surface area is 104 Å². The molecule has 17 heavy (non-hydrogen) atoms. The minimum absolute atomic E-state index is 0.235. The first-order valence-corrected chi connectivity index (χ1v) is 6.28. The van der Waals surface area contributed by atoms with Crippen LogP contribution in [0.2, 0.25) is 0 Å². The van der Waals surface area contributed by atoms with Crippen molar-refractivity contribution < 1.29 is 9.53 Å². The zero-order chi connectivity index (χ0) is 12.7. The second-order valence-corrected chi connectivity index (χ2v) is 4.82. The number of ether oxygens (including phenoxy) is 1. The van der Waals surface area contributed by atoms with Crippen LogP contribution in [0, 0.1) is 0 Å². The molecular formula is C12H25N3O2. The number of likely N-dealkylation sites (N-methyl/N-ethyl adjacent to an activating group) is 2. The van der Waals surface area contributed by atoms with E-state index >= 15 is 0 Å². The largest absolute Gasteiger partial charge is 0.379 e. The lowest BCUT2D eigenvalue weighted by Gasteiger charge is -2.27. The molecule has 1 amide bonds. The summed E-state index contributed by atoms with van der Waals surface area (Å²) < 4.78 is 5.28. The number of morpholine rings is 1. The van der Waals surface area contributed by atoms with Crippen LogP contribution in [0.4, 0.5) is 0 Å². The van der Waals surface area contributed by atoms with Crippen LogP contribution in [0.1, 0.15) is 6.42 Å². The van der Waals surface area contributed by atoms with Gasteiger partial charge in [0, 0.05) is 46.2 Å². The number of hydrogen-bond donors (Lipinski definition) is 0. The second-order valence-electron chi connectivity index (χ2n) is 4.82. The van der Waals surface area contributed by atoms with E-state index in [4.69, 9.17) is 4.74 Å². The number of nitrogens with zero attached hydrogens (tertiary/aromatic N) is 3. The van der Waals surface area contributed by atoms with Gasteiger partial charge in [-0.2, -0.15) is 0 Å². The molecule has 0 aromatic rings. The SMILES string of the molecule is CN(C)CCN(C)C(=O)CCN1CCOCC1. The number of amides is 1. The van der Waals surface area contributed by atoms with Gasteiger partial charge in [-0.25, -0.2) is 0 Å². The molecule has 0 N–H and O–H groups in total. The first kappa shape index (κ1) is 14.4. The Morgan fingerprint density at radius 2 is 1.82 bits per heavy atom. The predicted molar refractivity (Wildman–Crippen MR) is 68.1 cm³/mol. The standard InChI is InChI=1S/C12H25N3O2/c1-13(2)6-7-14(3)12(16)4-5-15-8-10-17-11-9-15/h4-11H2,1-3H3. The van der Waals surface area contributed by atoms with Gasteiger partial charge in [-0.1, -0.05) is 0 Å². The van der Waals surface area contributed by atoms with Crippen LogP contribution >= 0.6 is 0 Å². The fourth-order valence-corrected chi connectivity index (χ4v) is 1.74. The molecule has 0 aromatic heterocycles. The summed E-state index contributed by atoms with van der Waals surface area (Å²) in [6.45, 7) is 6.07. The van der Waals surface area contributed by atoms with Crippen molar-refractivity contribution in [2.45, 2.75) is 6.42 Å². The molecule has 0 aromatic carbocycles. The molecule has 0 bridgehead atoms. The maximum atomic E-state index is 11.8. The molecule has 0 radical (unpaired) electrons. The van der Waals surface area contributed by atoms with Crippen molar-refractivity contribution >= 4 is 5.91 Å². The molecule has 1 aliphatic heterocycles. The molecular weight excluding hydrogens is 218 g/mol. The summed E-state index contributed by atoms with van der Waals surface area (Å²) in [5, 5.41) is 0. The Morgan fingerprint density at radius 3 is 2.41 bits per heavy atom. The Hall–Kier alpha value is -0.650. The number of rotatable bonds is 6. The zero-order valence-electron chi connectivity index (χ0n) is 11.3. The number of carbonyl (C=O) groups excluding carboxylic acids is 1.